The van der Waals surface area contributed by atoms with Crippen LogP contribution in [0.4, 0.5) is 11.4 Å². The first-order valence-corrected chi connectivity index (χ1v) is 14.7. The summed E-state index contributed by atoms with van der Waals surface area (Å²) in [6.07, 6.45) is 0.844. The van der Waals surface area contributed by atoms with Crippen LogP contribution >= 0.6 is 45.9 Å². The fraction of sp³-hybridized carbons (Fsp3) is 0.375. The molecule has 176 valence electrons. The minimum Gasteiger partial charge on any atom is -0.322 e. The van der Waals surface area contributed by atoms with Gasteiger partial charge in [0.05, 0.1) is 21.4 Å². The molecule has 0 radical (unpaired) electrons. The summed E-state index contributed by atoms with van der Waals surface area (Å²) >= 11 is 13.9. The molecule has 0 atom stereocenters. The summed E-state index contributed by atoms with van der Waals surface area (Å²) in [5.74, 6) is 0.442. The molecule has 16 heteroatoms. The number of rotatable bonds is 3. The van der Waals surface area contributed by atoms with Gasteiger partial charge in [-0.15, -0.1) is 22.7 Å². The van der Waals surface area contributed by atoms with Crippen LogP contribution in [0.3, 0.4) is 0 Å². The van der Waals surface area contributed by atoms with E-state index in [1.54, 1.807) is 10.8 Å². The average Bonchev–Trinajstić information content (AvgIpc) is 3.24. The van der Waals surface area contributed by atoms with Crippen LogP contribution in [0.1, 0.15) is 27.2 Å². The van der Waals surface area contributed by atoms with Crippen molar-refractivity contribution in [2.75, 3.05) is 17.2 Å². The lowest BCUT2D eigenvalue weighted by atomic mass is 10.4. The van der Waals surface area contributed by atoms with E-state index in [0.29, 0.717) is 28.0 Å². The van der Waals surface area contributed by atoms with Crippen molar-refractivity contribution in [1.29, 1.82) is 0 Å². The van der Waals surface area contributed by atoms with Gasteiger partial charge >= 0.3 is 0 Å². The third-order valence-electron chi connectivity index (χ3n) is 3.74. The van der Waals surface area contributed by atoms with Gasteiger partial charge < -0.3 is 10.6 Å². The first-order chi connectivity index (χ1) is 14.9. The van der Waals surface area contributed by atoms with Gasteiger partial charge in [-0.3, -0.25) is 4.99 Å². The first-order valence-electron chi connectivity index (χ1n) is 9.20. The smallest absolute Gasteiger partial charge is 0.275 e. The molecule has 10 nitrogen and oxygen atoms in total. The van der Waals surface area contributed by atoms with Crippen LogP contribution in [-0.2, 0) is 20.0 Å². The third-order valence-corrected chi connectivity index (χ3v) is 10.3. The van der Waals surface area contributed by atoms with E-state index in [4.69, 9.17) is 23.2 Å². The molecule has 0 saturated carbocycles. The highest BCUT2D eigenvalue weighted by molar-refractivity contribution is 7.92. The molecule has 0 spiro atoms. The topological polar surface area (TPSA) is 141 Å². The van der Waals surface area contributed by atoms with E-state index in [-0.39, 0.29) is 26.4 Å². The van der Waals surface area contributed by atoms with Crippen molar-refractivity contribution < 1.29 is 16.8 Å². The Morgan fingerprint density at radius 3 is 1.84 bits per heavy atom. The lowest BCUT2D eigenvalue weighted by molar-refractivity contribution is 0.591. The van der Waals surface area contributed by atoms with Crippen LogP contribution in [0.5, 0.6) is 0 Å². The van der Waals surface area contributed by atoms with E-state index < -0.39 is 20.0 Å². The van der Waals surface area contributed by atoms with Gasteiger partial charge in [0.2, 0.25) is 11.9 Å². The number of hydrogen-bond donors (Lipinski definition) is 4. The van der Waals surface area contributed by atoms with E-state index in [9.17, 15) is 16.8 Å². The molecule has 0 aliphatic carbocycles. The highest BCUT2D eigenvalue weighted by Crippen LogP contribution is 2.38. The van der Waals surface area contributed by atoms with Crippen molar-refractivity contribution in [3.63, 3.8) is 0 Å². The lowest BCUT2D eigenvalue weighted by Gasteiger charge is -2.19. The van der Waals surface area contributed by atoms with E-state index in [1.807, 2.05) is 20.8 Å². The summed E-state index contributed by atoms with van der Waals surface area (Å²) in [7, 11) is -7.04. The van der Waals surface area contributed by atoms with Crippen molar-refractivity contribution in [2.24, 2.45) is 9.98 Å². The van der Waals surface area contributed by atoms with Gasteiger partial charge in [0.25, 0.3) is 20.0 Å². The SMILES string of the molecule is CC(C)N=C1Nc2c(Cl)csc2S(=O)(=O)N1.CCCN=C1Nc2c(Cl)csc2S(=O)(=O)N1. The second-order valence-corrected chi connectivity index (χ2v) is 13.1. The molecule has 2 aromatic heterocycles. The molecule has 4 heterocycles. The zero-order chi connectivity index (χ0) is 23.7. The number of hydrogen-bond acceptors (Lipinski definition) is 8. The molecule has 0 aromatic carbocycles. The second-order valence-electron chi connectivity index (χ2n) is 6.75. The number of halogens is 2. The molecule has 0 saturated heterocycles. The van der Waals surface area contributed by atoms with Crippen molar-refractivity contribution in [1.82, 2.24) is 9.44 Å². The minimum atomic E-state index is -3.53. The number of aliphatic imine (C=N–C) groups is 2. The molecule has 2 aliphatic rings. The fourth-order valence-electron chi connectivity index (χ4n) is 2.51. The summed E-state index contributed by atoms with van der Waals surface area (Å²) in [5, 5.41) is 9.70. The van der Waals surface area contributed by atoms with Gasteiger partial charge in [-0.1, -0.05) is 30.1 Å². The van der Waals surface area contributed by atoms with Gasteiger partial charge in [-0.05, 0) is 20.3 Å². The second kappa shape index (κ2) is 9.73. The highest BCUT2D eigenvalue weighted by atomic mass is 35.5. The maximum absolute atomic E-state index is 11.8. The molecule has 0 bridgehead atoms. The Balaban J connectivity index is 0.000000181. The maximum Gasteiger partial charge on any atom is 0.275 e. The van der Waals surface area contributed by atoms with E-state index in [0.717, 1.165) is 29.1 Å². The largest absolute Gasteiger partial charge is 0.322 e. The normalized spacial score (nSPS) is 20.2. The Morgan fingerprint density at radius 1 is 0.906 bits per heavy atom. The molecule has 0 unspecified atom stereocenters. The van der Waals surface area contributed by atoms with Crippen molar-refractivity contribution in [3.05, 3.63) is 20.8 Å². The fourth-order valence-corrected chi connectivity index (χ4v) is 7.82. The van der Waals surface area contributed by atoms with E-state index >= 15 is 0 Å². The number of thiophene rings is 2. The van der Waals surface area contributed by atoms with Gasteiger partial charge in [-0.25, -0.2) is 31.3 Å². The predicted molar refractivity (Wildman–Crippen MR) is 132 cm³/mol. The van der Waals surface area contributed by atoms with Gasteiger partial charge in [0.15, 0.2) is 8.42 Å². The summed E-state index contributed by atoms with van der Waals surface area (Å²) in [4.78, 5) is 8.19. The Kier molecular flexibility index (Phi) is 7.62. The van der Waals surface area contributed by atoms with Crippen molar-refractivity contribution in [2.45, 2.75) is 41.7 Å². The molecule has 4 rings (SSSR count). The predicted octanol–water partition coefficient (Wildman–Crippen LogP) is 3.74. The Hall–Kier alpha value is -1.58. The number of nitrogens with zero attached hydrogens (tertiary/aromatic N) is 2. The van der Waals surface area contributed by atoms with E-state index in [1.165, 1.54) is 0 Å². The molecule has 0 amide bonds. The monoisotopic (exact) mass is 558 g/mol. The van der Waals surface area contributed by atoms with E-state index in [2.05, 4.69) is 30.1 Å². The summed E-state index contributed by atoms with van der Waals surface area (Å²) in [5.41, 5.74) is 0.824. The van der Waals surface area contributed by atoms with Crippen LogP contribution in [0.15, 0.2) is 29.2 Å². The average molecular weight is 560 g/mol. The zero-order valence-corrected chi connectivity index (χ0v) is 21.8. The van der Waals surface area contributed by atoms with Crippen LogP contribution < -0.4 is 20.1 Å². The number of guanidine groups is 2. The standard InChI is InChI=1S/2C8H10ClN3O2S2/c1-4(2)10-8-11-6-5(9)3-15-7(6)16(13,14)12-8;1-2-3-10-8-11-6-5(9)4-15-7(6)16(13,14)12-8/h3-4H,1-2H3,(H2,10,11,12);4H,2-3H2,1H3,(H2,10,11,12). The molecule has 0 fully saturated rings. The van der Waals surface area contributed by atoms with Crippen LogP contribution in [0.25, 0.3) is 0 Å². The summed E-state index contributed by atoms with van der Waals surface area (Å²) < 4.78 is 52.3. The zero-order valence-electron chi connectivity index (χ0n) is 17.1. The molecule has 2 aliphatic heterocycles. The number of sulfonamides is 2. The van der Waals surface area contributed by atoms with Crippen molar-refractivity contribution >= 4 is 89.2 Å². The molecule has 2 aromatic rings. The van der Waals surface area contributed by atoms with Crippen LogP contribution in [0, 0.1) is 0 Å². The van der Waals surface area contributed by atoms with Gasteiger partial charge in [0.1, 0.15) is 0 Å². The molecular weight excluding hydrogens is 539 g/mol. The quantitative estimate of drug-likeness (QED) is 0.452. The number of nitrogens with one attached hydrogen (secondary N) is 4. The van der Waals surface area contributed by atoms with Crippen LogP contribution in [0.2, 0.25) is 10.0 Å². The van der Waals surface area contributed by atoms with Crippen LogP contribution in [-0.4, -0.2) is 41.3 Å². The van der Waals surface area contributed by atoms with Crippen molar-refractivity contribution in [3.8, 4) is 0 Å². The molecule has 4 N–H and O–H groups in total. The summed E-state index contributed by atoms with van der Waals surface area (Å²) in [6, 6.07) is -0.0100. The molecular formula is C16H20Cl2N6O4S4. The number of fused-ring (bicyclic) bond motifs is 2. The minimum absolute atomic E-state index is 0.0100. The molecule has 32 heavy (non-hydrogen) atoms. The third kappa shape index (κ3) is 5.48. The Bertz CT molecular complexity index is 1280. The Labute approximate surface area is 204 Å². The summed E-state index contributed by atoms with van der Waals surface area (Å²) in [6.45, 7) is 6.23. The number of anilines is 2. The lowest BCUT2D eigenvalue weighted by Crippen LogP contribution is -2.40. The first kappa shape index (κ1) is 25.1. The van der Waals surface area contributed by atoms with Gasteiger partial charge in [-0.2, -0.15) is 0 Å². The Morgan fingerprint density at radius 2 is 1.38 bits per heavy atom. The van der Waals surface area contributed by atoms with Gasteiger partial charge in [0, 0.05) is 23.3 Å². The highest BCUT2D eigenvalue weighted by Gasteiger charge is 2.31. The maximum atomic E-state index is 11.8.